The van der Waals surface area contributed by atoms with E-state index in [2.05, 4.69) is 16.0 Å². The largest absolute Gasteiger partial charge is 0.461 e. The molecule has 2 aromatic rings. The van der Waals surface area contributed by atoms with E-state index in [1.165, 1.54) is 32.5 Å². The number of esters is 1. The monoisotopic (exact) mass is 674 g/mol. The van der Waals surface area contributed by atoms with Crippen LogP contribution in [-0.4, -0.2) is 94.4 Å². The van der Waals surface area contributed by atoms with Gasteiger partial charge in [-0.2, -0.15) is 0 Å². The van der Waals surface area contributed by atoms with Crippen molar-refractivity contribution in [2.24, 2.45) is 5.73 Å². The molecule has 0 aromatic heterocycles. The molecule has 1 aliphatic rings. The summed E-state index contributed by atoms with van der Waals surface area (Å²) in [6.45, 7) is 3.57. The van der Waals surface area contributed by atoms with Gasteiger partial charge in [0.05, 0.1) is 12.6 Å². The summed E-state index contributed by atoms with van der Waals surface area (Å²) in [5.74, 6) is -3.36. The Kier molecular flexibility index (Phi) is 14.6. The fourth-order valence-electron chi connectivity index (χ4n) is 4.70. The lowest BCUT2D eigenvalue weighted by Gasteiger charge is -2.44. The first-order valence-corrected chi connectivity index (χ1v) is 16.0. The Morgan fingerprint density at radius 1 is 0.979 bits per heavy atom. The molecule has 15 heteroatoms. The minimum atomic E-state index is -1.42. The zero-order valence-electron chi connectivity index (χ0n) is 26.4. The van der Waals surface area contributed by atoms with Crippen LogP contribution in [0.25, 0.3) is 0 Å². The molecule has 7 N–H and O–H groups in total. The first-order chi connectivity index (χ1) is 22.4. The topological polar surface area (TPSA) is 216 Å². The maximum atomic E-state index is 13.1. The van der Waals surface area contributed by atoms with Crippen molar-refractivity contribution in [3.8, 4) is 0 Å². The summed E-state index contributed by atoms with van der Waals surface area (Å²) in [6, 6.07) is 14.9. The van der Waals surface area contributed by atoms with Gasteiger partial charge < -0.3 is 46.1 Å². The second-order valence-electron chi connectivity index (χ2n) is 11.0. The first kappa shape index (κ1) is 37.4. The molecular weight excluding hydrogens is 632 g/mol. The molecule has 0 saturated carbocycles. The van der Waals surface area contributed by atoms with Crippen LogP contribution in [0.5, 0.6) is 0 Å². The Balaban J connectivity index is 1.58. The molecule has 2 aromatic carbocycles. The van der Waals surface area contributed by atoms with Crippen LogP contribution in [0.15, 0.2) is 65.6 Å². The molecule has 4 amide bonds. The van der Waals surface area contributed by atoms with E-state index in [0.29, 0.717) is 0 Å². The zero-order chi connectivity index (χ0) is 34.5. The molecule has 256 valence electrons. The van der Waals surface area contributed by atoms with Gasteiger partial charge in [0.2, 0.25) is 23.6 Å². The molecule has 14 nitrogen and oxygen atoms in total. The number of nitrogens with two attached hydrogens (primary N) is 1. The third-order valence-electron chi connectivity index (χ3n) is 7.24. The van der Waals surface area contributed by atoms with Crippen LogP contribution in [0.3, 0.4) is 0 Å². The fourth-order valence-corrected chi connectivity index (χ4v) is 5.85. The number of carbonyl (C=O) groups is 5. The lowest BCUT2D eigenvalue weighted by molar-refractivity contribution is -0.200. The van der Waals surface area contributed by atoms with Crippen LogP contribution in [0.2, 0.25) is 0 Å². The van der Waals surface area contributed by atoms with Crippen LogP contribution < -0.4 is 21.7 Å². The van der Waals surface area contributed by atoms with E-state index in [1.54, 1.807) is 24.3 Å². The highest BCUT2D eigenvalue weighted by molar-refractivity contribution is 7.99. The van der Waals surface area contributed by atoms with Crippen molar-refractivity contribution in [2.45, 2.75) is 93.1 Å². The van der Waals surface area contributed by atoms with E-state index in [0.717, 1.165) is 10.5 Å². The summed E-state index contributed by atoms with van der Waals surface area (Å²) in [7, 11) is 0. The highest BCUT2D eigenvalue weighted by atomic mass is 32.2. The van der Waals surface area contributed by atoms with Gasteiger partial charge in [-0.3, -0.25) is 24.0 Å². The summed E-state index contributed by atoms with van der Waals surface area (Å²) in [6.07, 6.45) is -5.23. The van der Waals surface area contributed by atoms with Gasteiger partial charge in [-0.1, -0.05) is 60.3 Å². The van der Waals surface area contributed by atoms with Crippen molar-refractivity contribution in [1.82, 2.24) is 16.0 Å². The van der Waals surface area contributed by atoms with E-state index in [1.807, 2.05) is 36.4 Å². The van der Waals surface area contributed by atoms with Gasteiger partial charge in [-0.25, -0.2) is 0 Å². The summed E-state index contributed by atoms with van der Waals surface area (Å²) in [4.78, 5) is 63.0. The normalized spacial score (nSPS) is 22.6. The van der Waals surface area contributed by atoms with E-state index in [4.69, 9.17) is 19.9 Å². The van der Waals surface area contributed by atoms with Crippen LogP contribution in [-0.2, 0) is 44.8 Å². The number of rotatable bonds is 16. The number of nitrogens with one attached hydrogen (secondary N) is 3. The van der Waals surface area contributed by atoms with E-state index in [-0.39, 0.29) is 19.4 Å². The maximum absolute atomic E-state index is 13.1. The molecular formula is C32H42N4O10S. The average molecular weight is 675 g/mol. The minimum Gasteiger partial charge on any atom is -0.461 e. The Hall–Kier alpha value is -4.02. The number of aliphatic hydroxyl groups is 2. The van der Waals surface area contributed by atoms with Crippen molar-refractivity contribution in [1.29, 1.82) is 0 Å². The van der Waals surface area contributed by atoms with Crippen LogP contribution in [0.1, 0.15) is 39.2 Å². The van der Waals surface area contributed by atoms with Crippen molar-refractivity contribution < 1.29 is 48.4 Å². The molecule has 1 heterocycles. The number of carbonyl (C=O) groups excluding carboxylic acids is 5. The Labute approximate surface area is 277 Å². The number of hydrogen-bond acceptors (Lipinski definition) is 11. The van der Waals surface area contributed by atoms with Crippen LogP contribution >= 0.6 is 11.8 Å². The van der Waals surface area contributed by atoms with Gasteiger partial charge >= 0.3 is 5.97 Å². The molecule has 0 aliphatic carbocycles. The molecule has 0 bridgehead atoms. The lowest BCUT2D eigenvalue weighted by atomic mass is 9.97. The minimum absolute atomic E-state index is 0.0558. The van der Waals surface area contributed by atoms with Crippen molar-refractivity contribution >= 4 is 41.4 Å². The molecule has 1 aliphatic heterocycles. The number of aliphatic hydroxyl groups excluding tert-OH is 2. The SMILES string of the molecule is CC(=O)N[C@@H]1[C@@H](OC(C)C(=O)NC(C)C(=O)NC(CCC(=O)OCc2ccccc2)C(N)=O)[C@H](O)[C@@H](CO)O[C@H]1Sc1ccccc1. The highest BCUT2D eigenvalue weighted by Gasteiger charge is 2.47. The predicted octanol–water partition coefficient (Wildman–Crippen LogP) is 0.134. The molecule has 3 unspecified atom stereocenters. The third-order valence-corrected chi connectivity index (χ3v) is 8.42. The summed E-state index contributed by atoms with van der Waals surface area (Å²) >= 11 is 1.25. The number of ether oxygens (including phenoxy) is 3. The van der Waals surface area contributed by atoms with Gasteiger partial charge in [0.1, 0.15) is 48.5 Å². The second kappa shape index (κ2) is 18.4. The third kappa shape index (κ3) is 11.6. The van der Waals surface area contributed by atoms with Crippen molar-refractivity contribution in [2.75, 3.05) is 6.61 Å². The fraction of sp³-hybridized carbons (Fsp3) is 0.469. The zero-order valence-corrected chi connectivity index (χ0v) is 27.2. The first-order valence-electron chi connectivity index (χ1n) is 15.1. The molecule has 0 spiro atoms. The molecule has 1 saturated heterocycles. The van der Waals surface area contributed by atoms with Crippen LogP contribution in [0.4, 0.5) is 0 Å². The standard InChI is InChI=1S/C32H42N4O10S/c1-18(30(42)36-23(29(33)41)14-15-25(39)44-17-21-10-6-4-7-11-21)34-31(43)19(2)45-28-26(35-20(3)38)32(46-24(16-37)27(28)40)47-22-12-8-5-9-13-22/h4-13,18-19,23-24,26-28,32,37,40H,14-17H2,1-3H3,(H2,33,41)(H,34,43)(H,35,38)(H,36,42)/t18?,19?,23?,24-,26-,27-,28-,32+/m1/s1. The van der Waals surface area contributed by atoms with Gasteiger partial charge in [-0.05, 0) is 38.0 Å². The number of benzene rings is 2. The highest BCUT2D eigenvalue weighted by Crippen LogP contribution is 2.35. The number of thioether (sulfide) groups is 1. The smallest absolute Gasteiger partial charge is 0.306 e. The molecule has 47 heavy (non-hydrogen) atoms. The average Bonchev–Trinajstić information content (AvgIpc) is 3.05. The summed E-state index contributed by atoms with van der Waals surface area (Å²) in [5, 5.41) is 28.5. The van der Waals surface area contributed by atoms with Gasteiger partial charge in [0.15, 0.2) is 0 Å². The van der Waals surface area contributed by atoms with E-state index >= 15 is 0 Å². The summed E-state index contributed by atoms with van der Waals surface area (Å²) < 4.78 is 17.1. The Morgan fingerprint density at radius 3 is 2.21 bits per heavy atom. The van der Waals surface area contributed by atoms with Gasteiger partial charge in [-0.15, -0.1) is 0 Å². The van der Waals surface area contributed by atoms with Gasteiger partial charge in [0, 0.05) is 18.2 Å². The maximum Gasteiger partial charge on any atom is 0.306 e. The molecule has 3 rings (SSSR count). The van der Waals surface area contributed by atoms with Crippen LogP contribution in [0, 0.1) is 0 Å². The van der Waals surface area contributed by atoms with Crippen molar-refractivity contribution in [3.63, 3.8) is 0 Å². The predicted molar refractivity (Wildman–Crippen MR) is 170 cm³/mol. The van der Waals surface area contributed by atoms with E-state index < -0.39 is 84.2 Å². The number of hydrogen-bond donors (Lipinski definition) is 6. The van der Waals surface area contributed by atoms with E-state index in [9.17, 15) is 34.2 Å². The quantitative estimate of drug-likeness (QED) is 0.132. The number of amides is 4. The Morgan fingerprint density at radius 2 is 1.62 bits per heavy atom. The van der Waals surface area contributed by atoms with Crippen molar-refractivity contribution in [3.05, 3.63) is 66.2 Å². The van der Waals surface area contributed by atoms with Gasteiger partial charge in [0.25, 0.3) is 0 Å². The summed E-state index contributed by atoms with van der Waals surface area (Å²) in [5.41, 5.74) is 5.43. The lowest BCUT2D eigenvalue weighted by Crippen LogP contribution is -2.65. The second-order valence-corrected chi connectivity index (χ2v) is 12.2. The molecule has 8 atom stereocenters. The molecule has 1 fully saturated rings. The number of primary amides is 1. The molecule has 0 radical (unpaired) electrons. The Bertz CT molecular complexity index is 1350.